The Morgan fingerprint density at radius 3 is 2.75 bits per heavy atom. The Hall–Kier alpha value is -0.980. The number of nitrogens with zero attached hydrogens (tertiary/aromatic N) is 1. The van der Waals surface area contributed by atoms with Gasteiger partial charge in [0.05, 0.1) is 10.5 Å². The number of thiophene rings is 1. The summed E-state index contributed by atoms with van der Waals surface area (Å²) in [5, 5.41) is 13.9. The molecule has 90 valence electrons. The minimum atomic E-state index is -0.368. The number of rotatable bonds is 6. The molecule has 1 aromatic heterocycles. The van der Waals surface area contributed by atoms with E-state index in [1.807, 2.05) is 13.8 Å². The molecule has 0 atom stereocenters. The number of methoxy groups -OCH3 is 1. The fourth-order valence-corrected chi connectivity index (χ4v) is 1.91. The van der Waals surface area contributed by atoms with E-state index in [0.717, 1.165) is 4.88 Å². The van der Waals surface area contributed by atoms with Gasteiger partial charge in [0.15, 0.2) is 0 Å². The number of ether oxygens (including phenoxy) is 1. The lowest BCUT2D eigenvalue weighted by Gasteiger charge is -2.22. The molecule has 5 nitrogen and oxygen atoms in total. The highest BCUT2D eigenvalue weighted by Crippen LogP contribution is 2.23. The molecule has 0 bridgehead atoms. The molecule has 0 saturated heterocycles. The number of hydrogen-bond donors (Lipinski definition) is 1. The van der Waals surface area contributed by atoms with E-state index in [1.165, 1.54) is 17.4 Å². The Morgan fingerprint density at radius 1 is 1.56 bits per heavy atom. The molecule has 0 fully saturated rings. The van der Waals surface area contributed by atoms with Crippen molar-refractivity contribution in [3.05, 3.63) is 27.1 Å². The van der Waals surface area contributed by atoms with Gasteiger partial charge < -0.3 is 10.1 Å². The van der Waals surface area contributed by atoms with Crippen molar-refractivity contribution in [1.82, 2.24) is 5.32 Å². The summed E-state index contributed by atoms with van der Waals surface area (Å²) in [4.78, 5) is 11.1. The molecule has 0 aliphatic carbocycles. The lowest BCUT2D eigenvalue weighted by molar-refractivity contribution is -0.380. The van der Waals surface area contributed by atoms with Gasteiger partial charge in [0, 0.05) is 31.1 Å². The summed E-state index contributed by atoms with van der Waals surface area (Å²) < 4.78 is 5.25. The first-order chi connectivity index (χ1) is 7.44. The van der Waals surface area contributed by atoms with Crippen LogP contribution in [0.1, 0.15) is 18.7 Å². The number of nitrogens with one attached hydrogen (secondary N) is 1. The molecule has 1 aromatic rings. The highest BCUT2D eigenvalue weighted by molar-refractivity contribution is 7.15. The molecule has 0 aliphatic rings. The second-order valence-electron chi connectivity index (χ2n) is 4.06. The lowest BCUT2D eigenvalue weighted by atomic mass is 10.1. The fraction of sp³-hybridized carbons (Fsp3) is 0.600. The van der Waals surface area contributed by atoms with Crippen LogP contribution in [-0.2, 0) is 11.3 Å². The zero-order valence-corrected chi connectivity index (χ0v) is 10.5. The van der Waals surface area contributed by atoms with E-state index in [2.05, 4.69) is 5.32 Å². The highest BCUT2D eigenvalue weighted by Gasteiger charge is 2.16. The first-order valence-corrected chi connectivity index (χ1v) is 5.75. The third-order valence-electron chi connectivity index (χ3n) is 2.23. The van der Waals surface area contributed by atoms with Gasteiger partial charge >= 0.3 is 5.00 Å². The maximum Gasteiger partial charge on any atom is 0.324 e. The summed E-state index contributed by atoms with van der Waals surface area (Å²) in [5.74, 6) is 0. The van der Waals surface area contributed by atoms with Crippen LogP contribution in [0.4, 0.5) is 5.00 Å². The van der Waals surface area contributed by atoms with Crippen LogP contribution in [0, 0.1) is 10.1 Å². The van der Waals surface area contributed by atoms with Crippen molar-refractivity contribution in [2.24, 2.45) is 0 Å². The standard InChI is InChI=1S/C10H16N2O3S/c1-10(2,15-3)7-11-6-8-4-5-9(16-8)12(13)14/h4-5,11H,6-7H2,1-3H3. The van der Waals surface area contributed by atoms with Gasteiger partial charge in [0.2, 0.25) is 0 Å². The summed E-state index contributed by atoms with van der Waals surface area (Å²) in [7, 11) is 1.66. The maximum atomic E-state index is 10.5. The molecule has 1 N–H and O–H groups in total. The molecule has 1 rings (SSSR count). The van der Waals surface area contributed by atoms with Gasteiger partial charge in [-0.3, -0.25) is 10.1 Å². The normalized spacial score (nSPS) is 11.7. The van der Waals surface area contributed by atoms with Crippen LogP contribution in [0.15, 0.2) is 12.1 Å². The second-order valence-corrected chi connectivity index (χ2v) is 5.21. The molecular weight excluding hydrogens is 228 g/mol. The predicted molar refractivity (Wildman–Crippen MR) is 63.8 cm³/mol. The minimum absolute atomic E-state index is 0.183. The van der Waals surface area contributed by atoms with E-state index >= 15 is 0 Å². The molecule has 0 unspecified atom stereocenters. The average Bonchev–Trinajstić information content (AvgIpc) is 2.66. The van der Waals surface area contributed by atoms with Crippen molar-refractivity contribution >= 4 is 16.3 Å². The molecule has 6 heteroatoms. The van der Waals surface area contributed by atoms with Crippen LogP contribution in [0.3, 0.4) is 0 Å². The molecule has 0 aliphatic heterocycles. The van der Waals surface area contributed by atoms with Gasteiger partial charge in [0.1, 0.15) is 0 Å². The summed E-state index contributed by atoms with van der Waals surface area (Å²) in [5.41, 5.74) is -0.219. The zero-order valence-electron chi connectivity index (χ0n) is 9.65. The van der Waals surface area contributed by atoms with Crippen molar-refractivity contribution in [1.29, 1.82) is 0 Å². The van der Waals surface area contributed by atoms with Crippen LogP contribution in [0.5, 0.6) is 0 Å². The van der Waals surface area contributed by atoms with E-state index in [9.17, 15) is 10.1 Å². The van der Waals surface area contributed by atoms with E-state index in [-0.39, 0.29) is 15.5 Å². The van der Waals surface area contributed by atoms with Crippen LogP contribution >= 0.6 is 11.3 Å². The molecule has 0 radical (unpaired) electrons. The van der Waals surface area contributed by atoms with E-state index in [1.54, 1.807) is 13.2 Å². The van der Waals surface area contributed by atoms with Gasteiger partial charge in [-0.05, 0) is 19.9 Å². The topological polar surface area (TPSA) is 64.4 Å². The first kappa shape index (κ1) is 13.1. The third kappa shape index (κ3) is 3.88. The van der Waals surface area contributed by atoms with Crippen LogP contribution in [0.25, 0.3) is 0 Å². The molecule has 16 heavy (non-hydrogen) atoms. The third-order valence-corrected chi connectivity index (χ3v) is 3.27. The van der Waals surface area contributed by atoms with E-state index < -0.39 is 0 Å². The Balaban J connectivity index is 2.40. The Morgan fingerprint density at radius 2 is 2.25 bits per heavy atom. The van der Waals surface area contributed by atoms with Gasteiger partial charge in [-0.25, -0.2) is 0 Å². The van der Waals surface area contributed by atoms with Gasteiger partial charge in [-0.1, -0.05) is 11.3 Å². The van der Waals surface area contributed by atoms with Gasteiger partial charge in [-0.15, -0.1) is 0 Å². The molecular formula is C10H16N2O3S. The van der Waals surface area contributed by atoms with E-state index in [0.29, 0.717) is 13.1 Å². The predicted octanol–water partition coefficient (Wildman–Crippen LogP) is 2.17. The first-order valence-electron chi connectivity index (χ1n) is 4.93. The van der Waals surface area contributed by atoms with Crippen molar-refractivity contribution < 1.29 is 9.66 Å². The van der Waals surface area contributed by atoms with Crippen LogP contribution in [-0.4, -0.2) is 24.2 Å². The summed E-state index contributed by atoms with van der Waals surface area (Å²) >= 11 is 1.20. The maximum absolute atomic E-state index is 10.5. The van der Waals surface area contributed by atoms with Gasteiger partial charge in [-0.2, -0.15) is 0 Å². The summed E-state index contributed by atoms with van der Waals surface area (Å²) in [6, 6.07) is 3.30. The SMILES string of the molecule is COC(C)(C)CNCc1ccc([N+](=O)[O-])s1. The van der Waals surface area contributed by atoms with Crippen molar-refractivity contribution in [3.63, 3.8) is 0 Å². The lowest BCUT2D eigenvalue weighted by Crippen LogP contribution is -2.36. The quantitative estimate of drug-likeness (QED) is 0.615. The Bertz CT molecular complexity index is 363. The summed E-state index contributed by atoms with van der Waals surface area (Å²) in [6.45, 7) is 5.30. The van der Waals surface area contributed by atoms with Crippen molar-refractivity contribution in [2.75, 3.05) is 13.7 Å². The Labute approximate surface area is 98.6 Å². The molecule has 0 saturated carbocycles. The van der Waals surface area contributed by atoms with Crippen molar-refractivity contribution in [2.45, 2.75) is 26.0 Å². The zero-order chi connectivity index (χ0) is 12.2. The monoisotopic (exact) mass is 244 g/mol. The van der Waals surface area contributed by atoms with Crippen molar-refractivity contribution in [3.8, 4) is 0 Å². The molecule has 0 aromatic carbocycles. The number of nitro groups is 1. The molecule has 1 heterocycles. The average molecular weight is 244 g/mol. The van der Waals surface area contributed by atoms with Gasteiger partial charge in [0.25, 0.3) is 0 Å². The summed E-state index contributed by atoms with van der Waals surface area (Å²) in [6.07, 6.45) is 0. The van der Waals surface area contributed by atoms with Crippen LogP contribution < -0.4 is 5.32 Å². The largest absolute Gasteiger partial charge is 0.377 e. The fourth-order valence-electron chi connectivity index (χ4n) is 1.12. The van der Waals surface area contributed by atoms with Crippen LogP contribution in [0.2, 0.25) is 0 Å². The van der Waals surface area contributed by atoms with E-state index in [4.69, 9.17) is 4.74 Å². The Kier molecular flexibility index (Phi) is 4.40. The minimum Gasteiger partial charge on any atom is -0.377 e. The molecule has 0 spiro atoms. The second kappa shape index (κ2) is 5.38. The number of hydrogen-bond acceptors (Lipinski definition) is 5. The highest BCUT2D eigenvalue weighted by atomic mass is 32.1. The smallest absolute Gasteiger partial charge is 0.324 e. The molecule has 0 amide bonds.